The lowest BCUT2D eigenvalue weighted by Crippen LogP contribution is -2.59. The molecule has 4 aliphatic rings. The van der Waals surface area contributed by atoms with Crippen molar-refractivity contribution in [2.75, 3.05) is 26.0 Å². The van der Waals surface area contributed by atoms with E-state index in [1.165, 1.54) is 38.5 Å². The van der Waals surface area contributed by atoms with Gasteiger partial charge in [-0.15, -0.1) is 0 Å². The summed E-state index contributed by atoms with van der Waals surface area (Å²) in [4.78, 5) is 14.9. The molecule has 4 fully saturated rings. The molecule has 0 heterocycles. The standard InChI is InChI=1S/C20H28N2O2/c1-22(13-19(23)21-17-5-3-4-6-18(17)24-2)20-10-14-7-15(11-20)9-16(8-14)12-20/h3-6,14-16H,7-13H2,1-2H3,(H,21,23). The number of carbonyl (C=O) groups excluding carboxylic acids is 1. The van der Waals surface area contributed by atoms with Gasteiger partial charge in [0.15, 0.2) is 0 Å². The normalized spacial score (nSPS) is 33.7. The number of nitrogens with zero attached hydrogens (tertiary/aromatic N) is 1. The fourth-order valence-electron chi connectivity index (χ4n) is 5.85. The number of amides is 1. The number of para-hydroxylation sites is 2. The third kappa shape index (κ3) is 2.81. The van der Waals surface area contributed by atoms with E-state index in [0.29, 0.717) is 12.3 Å². The molecule has 0 unspecified atom stereocenters. The van der Waals surface area contributed by atoms with Crippen LogP contribution in [0.1, 0.15) is 38.5 Å². The molecule has 0 aliphatic heterocycles. The lowest BCUT2D eigenvalue weighted by atomic mass is 9.52. The topological polar surface area (TPSA) is 41.6 Å². The van der Waals surface area contributed by atoms with Crippen LogP contribution in [0.2, 0.25) is 0 Å². The number of carbonyl (C=O) groups is 1. The lowest BCUT2D eigenvalue weighted by molar-refractivity contribution is -0.123. The van der Waals surface area contributed by atoms with Crippen molar-refractivity contribution in [2.24, 2.45) is 17.8 Å². The molecule has 4 nitrogen and oxygen atoms in total. The van der Waals surface area contributed by atoms with Gasteiger partial charge in [-0.1, -0.05) is 12.1 Å². The summed E-state index contributed by atoms with van der Waals surface area (Å²) in [6.07, 6.45) is 8.16. The Bertz CT molecular complexity index is 593. The maximum absolute atomic E-state index is 12.6. The van der Waals surface area contributed by atoms with Gasteiger partial charge in [0, 0.05) is 5.54 Å². The van der Waals surface area contributed by atoms with Gasteiger partial charge in [0.25, 0.3) is 0 Å². The van der Waals surface area contributed by atoms with Crippen molar-refractivity contribution < 1.29 is 9.53 Å². The molecular weight excluding hydrogens is 300 g/mol. The highest BCUT2D eigenvalue weighted by molar-refractivity contribution is 5.93. The molecule has 1 N–H and O–H groups in total. The first-order valence-corrected chi connectivity index (χ1v) is 9.22. The smallest absolute Gasteiger partial charge is 0.238 e. The van der Waals surface area contributed by atoms with Gasteiger partial charge in [-0.25, -0.2) is 0 Å². The fourth-order valence-corrected chi connectivity index (χ4v) is 5.85. The summed E-state index contributed by atoms with van der Waals surface area (Å²) in [5.41, 5.74) is 1.02. The predicted molar refractivity (Wildman–Crippen MR) is 95.2 cm³/mol. The molecule has 0 saturated heterocycles. The minimum absolute atomic E-state index is 0.0535. The number of hydrogen-bond acceptors (Lipinski definition) is 3. The van der Waals surface area contributed by atoms with E-state index in [9.17, 15) is 4.79 Å². The molecule has 1 aromatic carbocycles. The molecule has 1 aromatic rings. The zero-order valence-corrected chi connectivity index (χ0v) is 14.8. The Hall–Kier alpha value is -1.55. The van der Waals surface area contributed by atoms with E-state index >= 15 is 0 Å². The van der Waals surface area contributed by atoms with Gasteiger partial charge in [-0.3, -0.25) is 9.69 Å². The predicted octanol–water partition coefficient (Wildman–Crippen LogP) is 3.53. The van der Waals surface area contributed by atoms with Crippen LogP contribution in [-0.4, -0.2) is 37.0 Å². The van der Waals surface area contributed by atoms with Gasteiger partial charge >= 0.3 is 0 Å². The SMILES string of the molecule is COc1ccccc1NC(=O)CN(C)C12CC3CC(CC(C3)C1)C2. The van der Waals surface area contributed by atoms with Crippen molar-refractivity contribution in [3.05, 3.63) is 24.3 Å². The molecule has 5 rings (SSSR count). The Morgan fingerprint density at radius 2 is 1.75 bits per heavy atom. The van der Waals surface area contributed by atoms with Crippen LogP contribution in [0.5, 0.6) is 5.75 Å². The molecule has 130 valence electrons. The Morgan fingerprint density at radius 3 is 2.33 bits per heavy atom. The molecule has 4 saturated carbocycles. The van der Waals surface area contributed by atoms with Crippen LogP contribution >= 0.6 is 0 Å². The minimum atomic E-state index is 0.0535. The van der Waals surface area contributed by atoms with Crippen molar-refractivity contribution in [3.8, 4) is 5.75 Å². The number of nitrogens with one attached hydrogen (secondary N) is 1. The summed E-state index contributed by atoms with van der Waals surface area (Å²) in [7, 11) is 3.78. The zero-order chi connectivity index (χ0) is 16.7. The molecule has 4 aliphatic carbocycles. The first-order valence-electron chi connectivity index (χ1n) is 9.22. The van der Waals surface area contributed by atoms with E-state index in [1.807, 2.05) is 24.3 Å². The molecule has 0 radical (unpaired) electrons. The van der Waals surface area contributed by atoms with Gasteiger partial charge in [0.1, 0.15) is 5.75 Å². The number of rotatable bonds is 5. The molecule has 4 heteroatoms. The highest BCUT2D eigenvalue weighted by Gasteiger charge is 2.52. The molecule has 0 aromatic heterocycles. The van der Waals surface area contributed by atoms with Crippen molar-refractivity contribution in [1.29, 1.82) is 0 Å². The van der Waals surface area contributed by atoms with Crippen molar-refractivity contribution in [2.45, 2.75) is 44.1 Å². The van der Waals surface area contributed by atoms with Crippen LogP contribution < -0.4 is 10.1 Å². The average Bonchev–Trinajstić information content (AvgIpc) is 2.54. The van der Waals surface area contributed by atoms with Crippen LogP contribution in [0.15, 0.2) is 24.3 Å². The van der Waals surface area contributed by atoms with Crippen molar-refractivity contribution >= 4 is 11.6 Å². The van der Waals surface area contributed by atoms with Gasteiger partial charge in [-0.05, 0) is 75.5 Å². The summed E-state index contributed by atoms with van der Waals surface area (Å²) in [5.74, 6) is 3.46. The average molecular weight is 328 g/mol. The quantitative estimate of drug-likeness (QED) is 0.899. The molecular formula is C20H28N2O2. The number of likely N-dealkylation sites (N-methyl/N-ethyl adjacent to an activating group) is 1. The van der Waals surface area contributed by atoms with E-state index in [-0.39, 0.29) is 11.4 Å². The lowest BCUT2D eigenvalue weighted by Gasteiger charge is -2.59. The third-order valence-electron chi connectivity index (χ3n) is 6.58. The van der Waals surface area contributed by atoms with Gasteiger partial charge in [-0.2, -0.15) is 0 Å². The second kappa shape index (κ2) is 6.07. The third-order valence-corrected chi connectivity index (χ3v) is 6.58. The minimum Gasteiger partial charge on any atom is -0.495 e. The Morgan fingerprint density at radius 1 is 1.17 bits per heavy atom. The summed E-state index contributed by atoms with van der Waals surface area (Å²) in [6.45, 7) is 0.463. The maximum atomic E-state index is 12.6. The van der Waals surface area contributed by atoms with E-state index in [2.05, 4.69) is 17.3 Å². The van der Waals surface area contributed by atoms with Crippen LogP contribution in [0.3, 0.4) is 0 Å². The summed E-state index contributed by atoms with van der Waals surface area (Å²) < 4.78 is 5.32. The number of benzene rings is 1. The Labute approximate surface area is 144 Å². The molecule has 0 atom stereocenters. The number of ether oxygens (including phenoxy) is 1. The molecule has 4 bridgehead atoms. The van der Waals surface area contributed by atoms with Crippen molar-refractivity contribution in [3.63, 3.8) is 0 Å². The molecule has 24 heavy (non-hydrogen) atoms. The van der Waals surface area contributed by atoms with E-state index in [0.717, 1.165) is 23.4 Å². The second-order valence-corrected chi connectivity index (χ2v) is 8.25. The van der Waals surface area contributed by atoms with Crippen LogP contribution in [-0.2, 0) is 4.79 Å². The number of methoxy groups -OCH3 is 1. The number of anilines is 1. The summed E-state index contributed by atoms with van der Waals surface area (Å²) in [6, 6.07) is 7.59. The number of hydrogen-bond donors (Lipinski definition) is 1. The fraction of sp³-hybridized carbons (Fsp3) is 0.650. The summed E-state index contributed by atoms with van der Waals surface area (Å²) >= 11 is 0. The largest absolute Gasteiger partial charge is 0.495 e. The molecule has 1 amide bonds. The van der Waals surface area contributed by atoms with Crippen LogP contribution in [0, 0.1) is 17.8 Å². The first kappa shape index (κ1) is 15.9. The first-order chi connectivity index (χ1) is 11.6. The highest BCUT2D eigenvalue weighted by Crippen LogP contribution is 2.57. The van der Waals surface area contributed by atoms with Gasteiger partial charge in [0.2, 0.25) is 5.91 Å². The van der Waals surface area contributed by atoms with Gasteiger partial charge < -0.3 is 10.1 Å². The Kier molecular flexibility index (Phi) is 4.03. The Balaban J connectivity index is 1.42. The second-order valence-electron chi connectivity index (χ2n) is 8.25. The summed E-state index contributed by atoms with van der Waals surface area (Å²) in [5, 5.41) is 3.02. The monoisotopic (exact) mass is 328 g/mol. The highest BCUT2D eigenvalue weighted by atomic mass is 16.5. The van der Waals surface area contributed by atoms with Crippen LogP contribution in [0.4, 0.5) is 5.69 Å². The van der Waals surface area contributed by atoms with E-state index in [1.54, 1.807) is 7.11 Å². The van der Waals surface area contributed by atoms with E-state index < -0.39 is 0 Å². The van der Waals surface area contributed by atoms with Gasteiger partial charge in [0.05, 0.1) is 19.3 Å². The molecule has 0 spiro atoms. The maximum Gasteiger partial charge on any atom is 0.238 e. The van der Waals surface area contributed by atoms with E-state index in [4.69, 9.17) is 4.74 Å². The van der Waals surface area contributed by atoms with Crippen molar-refractivity contribution in [1.82, 2.24) is 4.90 Å². The van der Waals surface area contributed by atoms with Crippen LogP contribution in [0.25, 0.3) is 0 Å². The zero-order valence-electron chi connectivity index (χ0n) is 14.8.